The van der Waals surface area contributed by atoms with Crippen molar-refractivity contribution in [2.45, 2.75) is 6.61 Å². The topological polar surface area (TPSA) is 48.4 Å². The summed E-state index contributed by atoms with van der Waals surface area (Å²) in [5, 5.41) is 2.59. The average Bonchev–Trinajstić information content (AvgIpc) is 3.08. The third-order valence-corrected chi connectivity index (χ3v) is 4.68. The lowest BCUT2D eigenvalue weighted by atomic mass is 10.3. The second-order valence-corrected chi connectivity index (χ2v) is 6.54. The van der Waals surface area contributed by atoms with Crippen molar-refractivity contribution in [3.63, 3.8) is 0 Å². The molecular formula is C17H10Cl2FNO3S. The summed E-state index contributed by atoms with van der Waals surface area (Å²) < 4.78 is 23.5. The van der Waals surface area contributed by atoms with Crippen LogP contribution in [0.3, 0.4) is 0 Å². The molecule has 128 valence electrons. The maximum absolute atomic E-state index is 12.8. The van der Waals surface area contributed by atoms with Crippen molar-refractivity contribution in [3.05, 3.63) is 74.4 Å². The van der Waals surface area contributed by atoms with Crippen molar-refractivity contribution in [1.29, 1.82) is 0 Å². The summed E-state index contributed by atoms with van der Waals surface area (Å²) in [5.74, 6) is -0.317. The van der Waals surface area contributed by atoms with Crippen LogP contribution in [0.5, 0.6) is 11.5 Å². The first kappa shape index (κ1) is 17.7. The standard InChI is InChI=1S/C17H10Cl2FNO3S/c18-12-2-1-3-14(16(12)19)24-17(22)13-9-25-15(21-13)8-23-11-6-4-10(20)5-7-11/h1-7,9H,8H2. The maximum Gasteiger partial charge on any atom is 0.363 e. The Labute approximate surface area is 156 Å². The Bertz CT molecular complexity index is 899. The summed E-state index contributed by atoms with van der Waals surface area (Å²) in [6.45, 7) is 0.154. The number of carbonyl (C=O) groups excluding carboxylic acids is 1. The van der Waals surface area contributed by atoms with E-state index in [0.717, 1.165) is 0 Å². The van der Waals surface area contributed by atoms with Gasteiger partial charge in [0.15, 0.2) is 11.4 Å². The Hall–Kier alpha value is -2.15. The molecule has 1 heterocycles. The van der Waals surface area contributed by atoms with Crippen LogP contribution < -0.4 is 9.47 Å². The van der Waals surface area contributed by atoms with Crippen molar-refractivity contribution < 1.29 is 18.7 Å². The zero-order chi connectivity index (χ0) is 17.8. The Kier molecular flexibility index (Phi) is 5.53. The first-order valence-corrected chi connectivity index (χ1v) is 8.65. The molecule has 0 saturated heterocycles. The van der Waals surface area contributed by atoms with E-state index < -0.39 is 5.97 Å². The third-order valence-electron chi connectivity index (χ3n) is 3.06. The van der Waals surface area contributed by atoms with E-state index in [1.807, 2.05) is 0 Å². The van der Waals surface area contributed by atoms with E-state index in [0.29, 0.717) is 15.8 Å². The quantitative estimate of drug-likeness (QED) is 0.427. The summed E-state index contributed by atoms with van der Waals surface area (Å²) >= 11 is 13.1. The normalized spacial score (nSPS) is 10.5. The molecule has 0 radical (unpaired) electrons. The average molecular weight is 398 g/mol. The number of halogens is 3. The van der Waals surface area contributed by atoms with Gasteiger partial charge in [0.25, 0.3) is 0 Å². The van der Waals surface area contributed by atoms with Crippen LogP contribution in [0, 0.1) is 5.82 Å². The number of hydrogen-bond donors (Lipinski definition) is 0. The minimum Gasteiger partial charge on any atom is -0.486 e. The van der Waals surface area contributed by atoms with E-state index in [2.05, 4.69) is 4.98 Å². The Morgan fingerprint density at radius 1 is 1.16 bits per heavy atom. The molecule has 0 fully saturated rings. The Morgan fingerprint density at radius 2 is 1.92 bits per heavy atom. The fourth-order valence-electron chi connectivity index (χ4n) is 1.86. The van der Waals surface area contributed by atoms with Crippen molar-refractivity contribution in [2.24, 2.45) is 0 Å². The number of rotatable bonds is 5. The zero-order valence-corrected chi connectivity index (χ0v) is 14.9. The molecule has 3 aromatic rings. The number of hydrogen-bond acceptors (Lipinski definition) is 5. The fraction of sp³-hybridized carbons (Fsp3) is 0.0588. The van der Waals surface area contributed by atoms with Crippen molar-refractivity contribution in [3.8, 4) is 11.5 Å². The molecule has 8 heteroatoms. The van der Waals surface area contributed by atoms with Gasteiger partial charge in [-0.1, -0.05) is 29.3 Å². The molecule has 0 unspecified atom stereocenters. The van der Waals surface area contributed by atoms with Crippen LogP contribution in [-0.4, -0.2) is 11.0 Å². The molecule has 0 N–H and O–H groups in total. The molecule has 0 spiro atoms. The smallest absolute Gasteiger partial charge is 0.363 e. The number of thiazole rings is 1. The van der Waals surface area contributed by atoms with Crippen LogP contribution in [0.1, 0.15) is 15.5 Å². The van der Waals surface area contributed by atoms with E-state index in [1.165, 1.54) is 41.7 Å². The molecule has 1 aromatic heterocycles. The molecule has 0 amide bonds. The number of nitrogens with zero attached hydrogens (tertiary/aromatic N) is 1. The SMILES string of the molecule is O=C(Oc1cccc(Cl)c1Cl)c1csc(COc2ccc(F)cc2)n1. The molecule has 3 rings (SSSR count). The molecule has 4 nitrogen and oxygen atoms in total. The number of benzene rings is 2. The summed E-state index contributed by atoms with van der Waals surface area (Å²) in [5.41, 5.74) is 0.138. The van der Waals surface area contributed by atoms with Crippen molar-refractivity contribution in [1.82, 2.24) is 4.98 Å². The molecule has 0 atom stereocenters. The summed E-state index contributed by atoms with van der Waals surface area (Å²) in [6.07, 6.45) is 0. The first-order valence-electron chi connectivity index (χ1n) is 7.02. The molecule has 0 aliphatic carbocycles. The molecule has 0 aliphatic heterocycles. The van der Waals surface area contributed by atoms with Gasteiger partial charge in [0.2, 0.25) is 0 Å². The summed E-state index contributed by atoms with van der Waals surface area (Å²) in [4.78, 5) is 16.3. The number of esters is 1. The van der Waals surface area contributed by atoms with Gasteiger partial charge in [0, 0.05) is 5.38 Å². The number of aromatic nitrogens is 1. The third kappa shape index (κ3) is 4.48. The van der Waals surface area contributed by atoms with E-state index in [9.17, 15) is 9.18 Å². The lowest BCUT2D eigenvalue weighted by Gasteiger charge is -2.05. The predicted octanol–water partition coefficient (Wildman–Crippen LogP) is 5.39. The minimum absolute atomic E-state index is 0.138. The predicted molar refractivity (Wildman–Crippen MR) is 94.3 cm³/mol. The van der Waals surface area contributed by atoms with E-state index >= 15 is 0 Å². The molecule has 0 bridgehead atoms. The lowest BCUT2D eigenvalue weighted by Crippen LogP contribution is -2.09. The Balaban J connectivity index is 1.63. The van der Waals surface area contributed by atoms with Gasteiger partial charge in [-0.25, -0.2) is 14.2 Å². The van der Waals surface area contributed by atoms with Gasteiger partial charge in [0.1, 0.15) is 28.2 Å². The lowest BCUT2D eigenvalue weighted by molar-refractivity contribution is 0.0729. The number of ether oxygens (including phenoxy) is 2. The highest BCUT2D eigenvalue weighted by Crippen LogP contribution is 2.32. The first-order chi connectivity index (χ1) is 12.0. The van der Waals surface area contributed by atoms with Crippen LogP contribution in [0.25, 0.3) is 0 Å². The molecule has 2 aromatic carbocycles. The van der Waals surface area contributed by atoms with Gasteiger partial charge in [-0.05, 0) is 36.4 Å². The van der Waals surface area contributed by atoms with Crippen LogP contribution in [0.4, 0.5) is 4.39 Å². The zero-order valence-electron chi connectivity index (χ0n) is 12.5. The van der Waals surface area contributed by atoms with Crippen LogP contribution in [-0.2, 0) is 6.61 Å². The molecule has 0 saturated carbocycles. The van der Waals surface area contributed by atoms with Gasteiger partial charge < -0.3 is 9.47 Å². The van der Waals surface area contributed by atoms with Gasteiger partial charge >= 0.3 is 5.97 Å². The minimum atomic E-state index is -0.645. The highest BCUT2D eigenvalue weighted by Gasteiger charge is 2.16. The fourth-order valence-corrected chi connectivity index (χ4v) is 2.87. The van der Waals surface area contributed by atoms with Gasteiger partial charge in [-0.2, -0.15) is 0 Å². The summed E-state index contributed by atoms with van der Waals surface area (Å²) in [6, 6.07) is 10.4. The largest absolute Gasteiger partial charge is 0.486 e. The highest BCUT2D eigenvalue weighted by atomic mass is 35.5. The van der Waals surface area contributed by atoms with Crippen LogP contribution in [0.15, 0.2) is 47.8 Å². The van der Waals surface area contributed by atoms with Gasteiger partial charge in [0.05, 0.1) is 5.02 Å². The van der Waals surface area contributed by atoms with Crippen molar-refractivity contribution >= 4 is 40.5 Å². The Morgan fingerprint density at radius 3 is 2.68 bits per heavy atom. The van der Waals surface area contributed by atoms with E-state index in [1.54, 1.807) is 17.5 Å². The monoisotopic (exact) mass is 397 g/mol. The van der Waals surface area contributed by atoms with Crippen molar-refractivity contribution in [2.75, 3.05) is 0 Å². The van der Waals surface area contributed by atoms with E-state index in [-0.39, 0.29) is 28.9 Å². The molecule has 0 aliphatic rings. The molecular weight excluding hydrogens is 388 g/mol. The second kappa shape index (κ2) is 7.82. The highest BCUT2D eigenvalue weighted by molar-refractivity contribution is 7.09. The number of carbonyl (C=O) groups is 1. The second-order valence-electron chi connectivity index (χ2n) is 4.81. The summed E-state index contributed by atoms with van der Waals surface area (Å²) in [7, 11) is 0. The van der Waals surface area contributed by atoms with Crippen LogP contribution >= 0.6 is 34.5 Å². The van der Waals surface area contributed by atoms with Gasteiger partial charge in [-0.15, -0.1) is 11.3 Å². The molecule has 25 heavy (non-hydrogen) atoms. The maximum atomic E-state index is 12.8. The van der Waals surface area contributed by atoms with E-state index in [4.69, 9.17) is 32.7 Å². The van der Waals surface area contributed by atoms with Crippen LogP contribution in [0.2, 0.25) is 10.0 Å². The van der Waals surface area contributed by atoms with Gasteiger partial charge in [-0.3, -0.25) is 0 Å².